The molecule has 124 valence electrons. The Labute approximate surface area is 137 Å². The molecule has 1 amide bonds. The monoisotopic (exact) mass is 330 g/mol. The van der Waals surface area contributed by atoms with Gasteiger partial charge in [0.25, 0.3) is 0 Å². The molecule has 0 fully saturated rings. The van der Waals surface area contributed by atoms with Gasteiger partial charge in [0.05, 0.1) is 5.69 Å². The maximum Gasteiger partial charge on any atom is 0.409 e. The first-order valence-electron chi connectivity index (χ1n) is 7.02. The summed E-state index contributed by atoms with van der Waals surface area (Å²) in [6.45, 7) is 1.47. The highest BCUT2D eigenvalue weighted by molar-refractivity contribution is 6.45. The Balaban J connectivity index is 2.02. The lowest BCUT2D eigenvalue weighted by Crippen LogP contribution is -2.12. The quantitative estimate of drug-likeness (QED) is 0.480. The summed E-state index contributed by atoms with van der Waals surface area (Å²) in [5.74, 6) is -0.813. The van der Waals surface area contributed by atoms with E-state index >= 15 is 0 Å². The topological polar surface area (TPSA) is 88.0 Å². The second-order valence-corrected chi connectivity index (χ2v) is 4.87. The van der Waals surface area contributed by atoms with Crippen molar-refractivity contribution in [1.82, 2.24) is 0 Å². The molecule has 2 aromatic carbocycles. The summed E-state index contributed by atoms with van der Waals surface area (Å²) in [5.41, 5.74) is 1.35. The van der Waals surface area contributed by atoms with Gasteiger partial charge in [-0.1, -0.05) is 23.4 Å². The Kier molecular flexibility index (Phi) is 5.62. The lowest BCUT2D eigenvalue weighted by molar-refractivity contribution is 0.103. The van der Waals surface area contributed by atoms with Crippen molar-refractivity contribution in [2.75, 3.05) is 5.32 Å². The summed E-state index contributed by atoms with van der Waals surface area (Å²) in [6, 6.07) is 11.8. The Hall–Kier alpha value is -3.22. The predicted octanol–water partition coefficient (Wildman–Crippen LogP) is 3.69. The summed E-state index contributed by atoms with van der Waals surface area (Å²) in [6.07, 6.45) is -1.19. The number of carboxylic acid groups (broad SMARTS) is 1. The Morgan fingerprint density at radius 3 is 2.50 bits per heavy atom. The molecule has 0 aromatic heterocycles. The number of oxime groups is 1. The Morgan fingerprint density at radius 1 is 1.17 bits per heavy atom. The highest BCUT2D eigenvalue weighted by Gasteiger charge is 2.11. The van der Waals surface area contributed by atoms with Crippen molar-refractivity contribution in [1.29, 1.82) is 0 Å². The minimum Gasteiger partial charge on any atom is -0.465 e. The molecule has 6 nitrogen and oxygen atoms in total. The Morgan fingerprint density at radius 2 is 1.83 bits per heavy atom. The summed E-state index contributed by atoms with van der Waals surface area (Å²) in [7, 11) is 0. The van der Waals surface area contributed by atoms with Crippen molar-refractivity contribution >= 4 is 23.3 Å². The van der Waals surface area contributed by atoms with Crippen LogP contribution in [-0.4, -0.2) is 22.7 Å². The number of rotatable bonds is 6. The molecule has 0 bridgehead atoms. The number of carbonyl (C=O) groups excluding carboxylic acids is 1. The number of benzene rings is 2. The zero-order chi connectivity index (χ0) is 17.5. The van der Waals surface area contributed by atoms with E-state index in [9.17, 15) is 14.0 Å². The number of ketones is 1. The van der Waals surface area contributed by atoms with Gasteiger partial charge in [-0.3, -0.25) is 10.1 Å². The van der Waals surface area contributed by atoms with E-state index < -0.39 is 11.9 Å². The first kappa shape index (κ1) is 17.1. The highest BCUT2D eigenvalue weighted by Crippen LogP contribution is 2.16. The standard InChI is InChI=1S/C17H15FN2O4/c1-11(16(21)12-6-8-14(18)9-7-12)20-24-10-13-4-2-3-5-15(13)19-17(22)23/h2-9,19H,10H2,1H3,(H,22,23). The number of halogens is 1. The van der Waals surface area contributed by atoms with Crippen molar-refractivity contribution in [3.8, 4) is 0 Å². The molecule has 0 heterocycles. The molecular formula is C17H15FN2O4. The van der Waals surface area contributed by atoms with Crippen LogP contribution in [0.1, 0.15) is 22.8 Å². The molecule has 0 aliphatic carbocycles. The van der Waals surface area contributed by atoms with Crippen LogP contribution in [0.25, 0.3) is 0 Å². The summed E-state index contributed by atoms with van der Waals surface area (Å²) in [4.78, 5) is 27.9. The molecule has 2 aromatic rings. The van der Waals surface area contributed by atoms with Crippen LogP contribution in [0.3, 0.4) is 0 Å². The number of nitrogens with one attached hydrogen (secondary N) is 1. The van der Waals surface area contributed by atoms with E-state index in [2.05, 4.69) is 10.5 Å². The largest absolute Gasteiger partial charge is 0.465 e. The molecule has 2 rings (SSSR count). The van der Waals surface area contributed by atoms with Gasteiger partial charge < -0.3 is 9.94 Å². The maximum atomic E-state index is 12.9. The van der Waals surface area contributed by atoms with Crippen LogP contribution in [0.2, 0.25) is 0 Å². The molecule has 0 spiro atoms. The van der Waals surface area contributed by atoms with E-state index in [1.165, 1.54) is 31.2 Å². The number of anilines is 1. The van der Waals surface area contributed by atoms with Crippen LogP contribution in [0.4, 0.5) is 14.9 Å². The number of hydrogen-bond acceptors (Lipinski definition) is 4. The van der Waals surface area contributed by atoms with Gasteiger partial charge in [0.15, 0.2) is 0 Å². The fraction of sp³-hybridized carbons (Fsp3) is 0.118. The van der Waals surface area contributed by atoms with Crippen molar-refractivity contribution in [2.24, 2.45) is 5.16 Å². The molecule has 7 heteroatoms. The normalized spacial score (nSPS) is 11.0. The Bertz CT molecular complexity index is 772. The number of para-hydroxylation sites is 1. The van der Waals surface area contributed by atoms with E-state index in [1.807, 2.05) is 0 Å². The van der Waals surface area contributed by atoms with E-state index in [-0.39, 0.29) is 18.1 Å². The molecule has 0 atom stereocenters. The third-order valence-corrected chi connectivity index (χ3v) is 3.12. The van der Waals surface area contributed by atoms with Gasteiger partial charge in [-0.05, 0) is 37.3 Å². The van der Waals surface area contributed by atoms with Crippen LogP contribution in [0.5, 0.6) is 0 Å². The smallest absolute Gasteiger partial charge is 0.409 e. The van der Waals surface area contributed by atoms with Crippen molar-refractivity contribution in [3.63, 3.8) is 0 Å². The maximum absolute atomic E-state index is 12.9. The molecule has 0 saturated carbocycles. The van der Waals surface area contributed by atoms with Gasteiger partial charge in [0.2, 0.25) is 5.78 Å². The average molecular weight is 330 g/mol. The first-order valence-corrected chi connectivity index (χ1v) is 7.02. The highest BCUT2D eigenvalue weighted by atomic mass is 19.1. The average Bonchev–Trinajstić information content (AvgIpc) is 2.56. The number of carbonyl (C=O) groups is 2. The van der Waals surface area contributed by atoms with Crippen molar-refractivity contribution < 1.29 is 23.9 Å². The number of Topliss-reactive ketones (excluding diaryl/α,β-unsaturated/α-hetero) is 1. The fourth-order valence-electron chi connectivity index (χ4n) is 1.93. The SMILES string of the molecule is CC(=NOCc1ccccc1NC(=O)O)C(=O)c1ccc(F)cc1. The minimum atomic E-state index is -1.19. The van der Waals surface area contributed by atoms with Crippen LogP contribution < -0.4 is 5.32 Å². The van der Waals surface area contributed by atoms with Crippen molar-refractivity contribution in [3.05, 3.63) is 65.5 Å². The lowest BCUT2D eigenvalue weighted by atomic mass is 10.1. The van der Waals surface area contributed by atoms with Gasteiger partial charge in [0, 0.05) is 11.1 Å². The van der Waals surface area contributed by atoms with Crippen LogP contribution >= 0.6 is 0 Å². The van der Waals surface area contributed by atoms with Gasteiger partial charge >= 0.3 is 6.09 Å². The zero-order valence-corrected chi connectivity index (χ0v) is 12.8. The van der Waals surface area contributed by atoms with Crippen LogP contribution in [-0.2, 0) is 11.4 Å². The van der Waals surface area contributed by atoms with E-state index in [0.717, 1.165) is 0 Å². The molecule has 24 heavy (non-hydrogen) atoms. The molecule has 0 saturated heterocycles. The van der Waals surface area contributed by atoms with Crippen LogP contribution in [0.15, 0.2) is 53.7 Å². The molecule has 0 aliphatic heterocycles. The van der Waals surface area contributed by atoms with E-state index in [0.29, 0.717) is 16.8 Å². The zero-order valence-electron chi connectivity index (χ0n) is 12.8. The molecule has 0 radical (unpaired) electrons. The first-order chi connectivity index (χ1) is 11.5. The summed E-state index contributed by atoms with van der Waals surface area (Å²) < 4.78 is 12.9. The molecule has 2 N–H and O–H groups in total. The predicted molar refractivity (Wildman–Crippen MR) is 86.7 cm³/mol. The fourth-order valence-corrected chi connectivity index (χ4v) is 1.93. The third-order valence-electron chi connectivity index (χ3n) is 3.12. The minimum absolute atomic E-state index is 0.00943. The summed E-state index contributed by atoms with van der Waals surface area (Å²) >= 11 is 0. The lowest BCUT2D eigenvalue weighted by Gasteiger charge is -2.08. The summed E-state index contributed by atoms with van der Waals surface area (Å²) in [5, 5.41) is 14.8. The van der Waals surface area contributed by atoms with Gasteiger partial charge in [-0.25, -0.2) is 9.18 Å². The molecular weight excluding hydrogens is 315 g/mol. The molecule has 0 aliphatic rings. The molecule has 0 unspecified atom stereocenters. The van der Waals surface area contributed by atoms with E-state index in [4.69, 9.17) is 9.94 Å². The van der Waals surface area contributed by atoms with Gasteiger partial charge in [0.1, 0.15) is 18.1 Å². The number of hydrogen-bond donors (Lipinski definition) is 2. The third kappa shape index (κ3) is 4.64. The van der Waals surface area contributed by atoms with Gasteiger partial charge in [-0.2, -0.15) is 0 Å². The second kappa shape index (κ2) is 7.87. The van der Waals surface area contributed by atoms with E-state index in [1.54, 1.807) is 24.3 Å². The number of nitrogens with zero attached hydrogens (tertiary/aromatic N) is 1. The van der Waals surface area contributed by atoms with Crippen LogP contribution in [0, 0.1) is 5.82 Å². The number of amides is 1. The second-order valence-electron chi connectivity index (χ2n) is 4.87. The van der Waals surface area contributed by atoms with Crippen molar-refractivity contribution in [2.45, 2.75) is 13.5 Å². The van der Waals surface area contributed by atoms with Gasteiger partial charge in [-0.15, -0.1) is 0 Å².